The molecule has 20 heavy (non-hydrogen) atoms. The molecule has 0 bridgehead atoms. The molecule has 6 nitrogen and oxygen atoms in total. The van der Waals surface area contributed by atoms with E-state index >= 15 is 0 Å². The Kier molecular flexibility index (Phi) is 3.97. The first kappa shape index (κ1) is 14.0. The lowest BCUT2D eigenvalue weighted by molar-refractivity contribution is -0.129. The highest BCUT2D eigenvalue weighted by atomic mass is 19.1. The Morgan fingerprint density at radius 3 is 2.85 bits per heavy atom. The van der Waals surface area contributed by atoms with Crippen molar-refractivity contribution in [3.8, 4) is 0 Å². The first-order valence-corrected chi connectivity index (χ1v) is 6.06. The molecule has 1 heterocycles. The summed E-state index contributed by atoms with van der Waals surface area (Å²) in [4.78, 5) is 29.2. The van der Waals surface area contributed by atoms with Gasteiger partial charge in [0.2, 0.25) is 6.10 Å². The van der Waals surface area contributed by atoms with E-state index < -0.39 is 23.8 Å². The molecule has 1 aromatic carbocycles. The van der Waals surface area contributed by atoms with Gasteiger partial charge in [-0.3, -0.25) is 4.79 Å². The smallest absolute Gasteiger partial charge is 0.353 e. The van der Waals surface area contributed by atoms with Crippen LogP contribution >= 0.6 is 0 Å². The molecule has 1 unspecified atom stereocenters. The monoisotopic (exact) mass is 280 g/mol. The largest absolute Gasteiger partial charge is 0.477 e. The van der Waals surface area contributed by atoms with Gasteiger partial charge in [-0.1, -0.05) is 11.2 Å². The van der Waals surface area contributed by atoms with Crippen LogP contribution in [0.5, 0.6) is 0 Å². The summed E-state index contributed by atoms with van der Waals surface area (Å²) in [5.74, 6) is -2.12. The van der Waals surface area contributed by atoms with Crippen molar-refractivity contribution in [1.82, 2.24) is 0 Å². The van der Waals surface area contributed by atoms with Crippen LogP contribution in [0.1, 0.15) is 13.3 Å². The number of aliphatic carboxylic acids is 1. The number of nitrogens with zero attached hydrogens (tertiary/aromatic N) is 2. The van der Waals surface area contributed by atoms with Gasteiger partial charge in [-0.25, -0.2) is 9.18 Å². The van der Waals surface area contributed by atoms with Crippen molar-refractivity contribution in [1.29, 1.82) is 0 Å². The van der Waals surface area contributed by atoms with Crippen LogP contribution in [0, 0.1) is 5.82 Å². The third kappa shape index (κ3) is 2.76. The molecular weight excluding hydrogens is 267 g/mol. The SMILES string of the molecule is CCN(C(=O)C1CC(C(=O)O)=NO1)c1cccc(F)c1. The predicted octanol–water partition coefficient (Wildman–Crippen LogP) is 1.41. The minimum Gasteiger partial charge on any atom is -0.477 e. The Bertz CT molecular complexity index is 573. The Hall–Kier alpha value is -2.44. The molecule has 0 spiro atoms. The van der Waals surface area contributed by atoms with Crippen LogP contribution in [-0.2, 0) is 14.4 Å². The van der Waals surface area contributed by atoms with Crippen LogP contribution in [-0.4, -0.2) is 35.3 Å². The number of amides is 1. The molecule has 1 aliphatic heterocycles. The fourth-order valence-electron chi connectivity index (χ4n) is 1.92. The van der Waals surface area contributed by atoms with Gasteiger partial charge < -0.3 is 14.8 Å². The molecule has 1 aromatic rings. The number of benzene rings is 1. The van der Waals surface area contributed by atoms with E-state index in [0.717, 1.165) is 0 Å². The number of hydrogen-bond donors (Lipinski definition) is 1. The van der Waals surface area contributed by atoms with Crippen molar-refractivity contribution in [2.45, 2.75) is 19.4 Å². The zero-order valence-electron chi connectivity index (χ0n) is 10.7. The topological polar surface area (TPSA) is 79.2 Å². The fourth-order valence-corrected chi connectivity index (χ4v) is 1.92. The molecule has 1 N–H and O–H groups in total. The van der Waals surface area contributed by atoms with Gasteiger partial charge in [0, 0.05) is 18.7 Å². The van der Waals surface area contributed by atoms with E-state index in [1.54, 1.807) is 13.0 Å². The number of hydrogen-bond acceptors (Lipinski definition) is 4. The Labute approximate surface area is 114 Å². The molecule has 1 atom stereocenters. The van der Waals surface area contributed by atoms with Crippen molar-refractivity contribution in [3.63, 3.8) is 0 Å². The molecule has 0 saturated heterocycles. The maximum absolute atomic E-state index is 13.2. The molecule has 2 rings (SSSR count). The van der Waals surface area contributed by atoms with E-state index in [1.165, 1.54) is 23.1 Å². The van der Waals surface area contributed by atoms with Gasteiger partial charge in [0.1, 0.15) is 5.82 Å². The van der Waals surface area contributed by atoms with E-state index in [4.69, 9.17) is 9.94 Å². The maximum Gasteiger partial charge on any atom is 0.353 e. The Morgan fingerprint density at radius 2 is 2.30 bits per heavy atom. The summed E-state index contributed by atoms with van der Waals surface area (Å²) in [6.45, 7) is 2.04. The summed E-state index contributed by atoms with van der Waals surface area (Å²) in [6, 6.07) is 5.60. The summed E-state index contributed by atoms with van der Waals surface area (Å²) in [5.41, 5.74) is 0.198. The van der Waals surface area contributed by atoms with Crippen LogP contribution in [0.2, 0.25) is 0 Å². The van der Waals surface area contributed by atoms with E-state index in [-0.39, 0.29) is 12.1 Å². The quantitative estimate of drug-likeness (QED) is 0.904. The summed E-state index contributed by atoms with van der Waals surface area (Å²) in [5, 5.41) is 12.1. The molecule has 0 aromatic heterocycles. The Morgan fingerprint density at radius 1 is 1.55 bits per heavy atom. The standard InChI is InChI=1S/C13H13FN2O4/c1-2-16(9-5-3-4-8(14)6-9)12(17)11-7-10(13(18)19)15-20-11/h3-6,11H,2,7H2,1H3,(H,18,19). The lowest BCUT2D eigenvalue weighted by atomic mass is 10.1. The summed E-state index contributed by atoms with van der Waals surface area (Å²) >= 11 is 0. The van der Waals surface area contributed by atoms with Crippen molar-refractivity contribution < 1.29 is 23.9 Å². The number of carboxylic acids is 1. The number of oxime groups is 1. The molecule has 0 radical (unpaired) electrons. The lowest BCUT2D eigenvalue weighted by Crippen LogP contribution is -2.39. The van der Waals surface area contributed by atoms with E-state index in [0.29, 0.717) is 12.2 Å². The van der Waals surface area contributed by atoms with Crippen LogP contribution < -0.4 is 4.90 Å². The normalized spacial score (nSPS) is 17.3. The molecular formula is C13H13FN2O4. The molecule has 0 aliphatic carbocycles. The Balaban J connectivity index is 2.13. The number of carboxylic acid groups (broad SMARTS) is 1. The first-order valence-electron chi connectivity index (χ1n) is 6.06. The van der Waals surface area contributed by atoms with Crippen molar-refractivity contribution in [3.05, 3.63) is 30.1 Å². The van der Waals surface area contributed by atoms with Gasteiger partial charge in [0.15, 0.2) is 5.71 Å². The highest BCUT2D eigenvalue weighted by molar-refractivity contribution is 6.36. The van der Waals surface area contributed by atoms with Crippen molar-refractivity contribution in [2.75, 3.05) is 11.4 Å². The number of carbonyl (C=O) groups excluding carboxylic acids is 1. The van der Waals surface area contributed by atoms with Gasteiger partial charge in [-0.2, -0.15) is 0 Å². The molecule has 7 heteroatoms. The number of carbonyl (C=O) groups is 2. The second-order valence-electron chi connectivity index (χ2n) is 4.20. The van der Waals surface area contributed by atoms with Crippen molar-refractivity contribution >= 4 is 23.3 Å². The van der Waals surface area contributed by atoms with Gasteiger partial charge >= 0.3 is 5.97 Å². The highest BCUT2D eigenvalue weighted by Crippen LogP contribution is 2.20. The lowest BCUT2D eigenvalue weighted by Gasteiger charge is -2.23. The number of anilines is 1. The number of rotatable bonds is 4. The average Bonchev–Trinajstić information content (AvgIpc) is 2.89. The van der Waals surface area contributed by atoms with E-state index in [1.807, 2.05) is 0 Å². The van der Waals surface area contributed by atoms with Gasteiger partial charge in [0.25, 0.3) is 5.91 Å². The van der Waals surface area contributed by atoms with Crippen molar-refractivity contribution in [2.24, 2.45) is 5.16 Å². The van der Waals surface area contributed by atoms with Gasteiger partial charge in [-0.15, -0.1) is 0 Å². The third-order valence-corrected chi connectivity index (χ3v) is 2.89. The van der Waals surface area contributed by atoms with Crippen LogP contribution in [0.15, 0.2) is 29.4 Å². The molecule has 106 valence electrons. The molecule has 0 saturated carbocycles. The molecule has 1 aliphatic rings. The molecule has 0 fully saturated rings. The number of halogens is 1. The van der Waals surface area contributed by atoms with Crippen LogP contribution in [0.3, 0.4) is 0 Å². The summed E-state index contributed by atoms with van der Waals surface area (Å²) in [7, 11) is 0. The minimum atomic E-state index is -1.21. The van der Waals surface area contributed by atoms with Gasteiger partial charge in [-0.05, 0) is 25.1 Å². The second-order valence-corrected chi connectivity index (χ2v) is 4.20. The third-order valence-electron chi connectivity index (χ3n) is 2.89. The zero-order valence-corrected chi connectivity index (χ0v) is 10.7. The highest BCUT2D eigenvalue weighted by Gasteiger charge is 2.34. The maximum atomic E-state index is 13.2. The van der Waals surface area contributed by atoms with Crippen LogP contribution in [0.4, 0.5) is 10.1 Å². The first-order chi connectivity index (χ1) is 9.52. The van der Waals surface area contributed by atoms with Gasteiger partial charge in [0.05, 0.1) is 0 Å². The van der Waals surface area contributed by atoms with E-state index in [9.17, 15) is 14.0 Å². The predicted molar refractivity (Wildman–Crippen MR) is 69.0 cm³/mol. The summed E-state index contributed by atoms with van der Waals surface area (Å²) in [6.07, 6.45) is -1.08. The fraction of sp³-hybridized carbons (Fsp3) is 0.308. The summed E-state index contributed by atoms with van der Waals surface area (Å²) < 4.78 is 13.2. The second kappa shape index (κ2) is 5.68. The van der Waals surface area contributed by atoms with Crippen LogP contribution in [0.25, 0.3) is 0 Å². The zero-order chi connectivity index (χ0) is 14.7. The molecule has 1 amide bonds. The minimum absolute atomic E-state index is 0.0972. The van der Waals surface area contributed by atoms with E-state index in [2.05, 4.69) is 5.16 Å². The average molecular weight is 280 g/mol. The number of likely N-dealkylation sites (N-methyl/N-ethyl adjacent to an activating group) is 1.